The van der Waals surface area contributed by atoms with Crippen molar-refractivity contribution in [3.8, 4) is 11.5 Å². The van der Waals surface area contributed by atoms with Crippen LogP contribution in [0.25, 0.3) is 5.76 Å². The first-order chi connectivity index (χ1) is 16.4. The van der Waals surface area contributed by atoms with E-state index in [0.29, 0.717) is 12.0 Å². The van der Waals surface area contributed by atoms with Gasteiger partial charge in [0.15, 0.2) is 0 Å². The Balaban J connectivity index is 1.77. The average molecular weight is 461 g/mol. The van der Waals surface area contributed by atoms with Crippen molar-refractivity contribution in [1.82, 2.24) is 4.90 Å². The molecule has 1 aliphatic rings. The summed E-state index contributed by atoms with van der Waals surface area (Å²) in [7, 11) is 2.97. The van der Waals surface area contributed by atoms with Gasteiger partial charge < -0.3 is 19.5 Å². The number of carbonyl (C=O) groups is 2. The third-order valence-electron chi connectivity index (χ3n) is 5.87. The van der Waals surface area contributed by atoms with Crippen LogP contribution in [-0.4, -0.2) is 42.5 Å². The molecule has 1 heterocycles. The summed E-state index contributed by atoms with van der Waals surface area (Å²) < 4.78 is 24.4. The fourth-order valence-corrected chi connectivity index (χ4v) is 4.14. The minimum Gasteiger partial charge on any atom is -0.507 e. The van der Waals surface area contributed by atoms with Crippen molar-refractivity contribution in [2.45, 2.75) is 12.5 Å². The first-order valence-electron chi connectivity index (χ1n) is 10.7. The molecule has 0 saturated carbocycles. The van der Waals surface area contributed by atoms with Crippen LogP contribution in [0.15, 0.2) is 78.4 Å². The molecule has 3 aromatic rings. The standard InChI is InChI=1S/C27H24FNO5/c1-33-20-11-8-17(9-12-20)14-15-29-24(18-6-4-3-5-7-18)23(26(31)27(29)32)25(30)21-16-19(28)10-13-22(21)34-2/h3-13,16,24,30H,14-15H2,1-2H3/b25-23+. The number of ether oxygens (including phenoxy) is 2. The molecule has 34 heavy (non-hydrogen) atoms. The van der Waals surface area contributed by atoms with Crippen LogP contribution in [0, 0.1) is 5.82 Å². The second-order valence-corrected chi connectivity index (χ2v) is 7.85. The fraction of sp³-hybridized carbons (Fsp3) is 0.185. The number of halogens is 1. The SMILES string of the molecule is COc1ccc(CCN2C(=O)C(=O)/C(=C(/O)c3cc(F)ccc3OC)C2c2ccccc2)cc1. The molecule has 1 saturated heterocycles. The average Bonchev–Trinajstić information content (AvgIpc) is 3.12. The van der Waals surface area contributed by atoms with E-state index in [4.69, 9.17) is 9.47 Å². The number of aliphatic hydroxyl groups excluding tert-OH is 1. The van der Waals surface area contributed by atoms with Crippen molar-refractivity contribution in [3.63, 3.8) is 0 Å². The van der Waals surface area contributed by atoms with Gasteiger partial charge in [0.05, 0.1) is 31.4 Å². The van der Waals surface area contributed by atoms with Crippen LogP contribution >= 0.6 is 0 Å². The van der Waals surface area contributed by atoms with Gasteiger partial charge in [-0.15, -0.1) is 0 Å². The predicted octanol–water partition coefficient (Wildman–Crippen LogP) is 4.51. The van der Waals surface area contributed by atoms with Gasteiger partial charge in [0, 0.05) is 6.54 Å². The Morgan fingerprint density at radius 2 is 1.68 bits per heavy atom. The van der Waals surface area contributed by atoms with Crippen LogP contribution in [0.1, 0.15) is 22.7 Å². The summed E-state index contributed by atoms with van der Waals surface area (Å²) in [4.78, 5) is 27.7. The van der Waals surface area contributed by atoms with E-state index in [1.54, 1.807) is 31.4 Å². The summed E-state index contributed by atoms with van der Waals surface area (Å²) in [6.07, 6.45) is 0.490. The molecule has 0 radical (unpaired) electrons. The number of aliphatic hydroxyl groups is 1. The number of amides is 1. The van der Waals surface area contributed by atoms with Gasteiger partial charge in [0.1, 0.15) is 23.1 Å². The lowest BCUT2D eigenvalue weighted by Crippen LogP contribution is -2.31. The minimum atomic E-state index is -0.826. The molecule has 174 valence electrons. The summed E-state index contributed by atoms with van der Waals surface area (Å²) in [5.41, 5.74) is 1.53. The highest BCUT2D eigenvalue weighted by atomic mass is 19.1. The Morgan fingerprint density at radius 3 is 2.32 bits per heavy atom. The first kappa shape index (κ1) is 23.0. The van der Waals surface area contributed by atoms with Crippen molar-refractivity contribution >= 4 is 17.4 Å². The number of likely N-dealkylation sites (tertiary alicyclic amines) is 1. The van der Waals surface area contributed by atoms with Crippen LogP contribution in [0.5, 0.6) is 11.5 Å². The number of ketones is 1. The van der Waals surface area contributed by atoms with Gasteiger partial charge >= 0.3 is 0 Å². The number of Topliss-reactive ketones (excluding diaryl/α,β-unsaturated/α-hetero) is 1. The molecule has 1 fully saturated rings. The third kappa shape index (κ3) is 4.37. The van der Waals surface area contributed by atoms with Gasteiger partial charge in [-0.05, 0) is 47.9 Å². The number of methoxy groups -OCH3 is 2. The van der Waals surface area contributed by atoms with Gasteiger partial charge in [-0.25, -0.2) is 4.39 Å². The summed E-state index contributed by atoms with van der Waals surface area (Å²) >= 11 is 0. The van der Waals surface area contributed by atoms with Gasteiger partial charge in [-0.3, -0.25) is 9.59 Å². The van der Waals surface area contributed by atoms with Gasteiger partial charge in [0.25, 0.3) is 11.7 Å². The number of hydrogen-bond acceptors (Lipinski definition) is 5. The summed E-state index contributed by atoms with van der Waals surface area (Å²) in [5, 5.41) is 11.2. The van der Waals surface area contributed by atoms with Gasteiger partial charge in [-0.2, -0.15) is 0 Å². The Morgan fingerprint density at radius 1 is 0.971 bits per heavy atom. The summed E-state index contributed by atoms with van der Waals surface area (Å²) in [6.45, 7) is 0.244. The van der Waals surface area contributed by atoms with E-state index >= 15 is 0 Å². The van der Waals surface area contributed by atoms with Crippen LogP contribution in [0.4, 0.5) is 4.39 Å². The second kappa shape index (κ2) is 9.79. The molecule has 1 amide bonds. The number of hydrogen-bond donors (Lipinski definition) is 1. The Hall–Kier alpha value is -4.13. The largest absolute Gasteiger partial charge is 0.507 e. The molecule has 4 rings (SSSR count). The molecule has 7 heteroatoms. The molecule has 0 spiro atoms. The minimum absolute atomic E-state index is 0.0107. The maximum Gasteiger partial charge on any atom is 0.295 e. The maximum absolute atomic E-state index is 14.0. The lowest BCUT2D eigenvalue weighted by atomic mass is 9.95. The highest BCUT2D eigenvalue weighted by Crippen LogP contribution is 2.41. The number of nitrogens with zero attached hydrogens (tertiary/aromatic N) is 1. The smallest absolute Gasteiger partial charge is 0.295 e. The topological polar surface area (TPSA) is 76.1 Å². The van der Waals surface area contributed by atoms with Crippen molar-refractivity contribution in [3.05, 3.63) is 101 Å². The first-order valence-corrected chi connectivity index (χ1v) is 10.7. The zero-order chi connectivity index (χ0) is 24.2. The molecule has 1 aliphatic heterocycles. The van der Waals surface area contributed by atoms with Crippen molar-refractivity contribution in [2.24, 2.45) is 0 Å². The molecule has 6 nitrogen and oxygen atoms in total. The summed E-state index contributed by atoms with van der Waals surface area (Å²) in [6, 6.07) is 19.2. The normalized spacial score (nSPS) is 17.1. The molecule has 1 N–H and O–H groups in total. The quantitative estimate of drug-likeness (QED) is 0.318. The molecule has 3 aromatic carbocycles. The number of carbonyl (C=O) groups excluding carboxylic acids is 2. The summed E-state index contributed by atoms with van der Waals surface area (Å²) in [5.74, 6) is -1.72. The van der Waals surface area contributed by atoms with Crippen molar-refractivity contribution in [1.29, 1.82) is 0 Å². The van der Waals surface area contributed by atoms with E-state index in [2.05, 4.69) is 0 Å². The van der Waals surface area contributed by atoms with Crippen LogP contribution < -0.4 is 9.47 Å². The fourth-order valence-electron chi connectivity index (χ4n) is 4.14. The highest BCUT2D eigenvalue weighted by molar-refractivity contribution is 6.46. The van der Waals surface area contributed by atoms with E-state index in [9.17, 15) is 19.1 Å². The second-order valence-electron chi connectivity index (χ2n) is 7.85. The van der Waals surface area contributed by atoms with Crippen LogP contribution in [-0.2, 0) is 16.0 Å². The zero-order valence-electron chi connectivity index (χ0n) is 18.8. The Bertz CT molecular complexity index is 1240. The lowest BCUT2D eigenvalue weighted by molar-refractivity contribution is -0.139. The Labute approximate surface area is 196 Å². The molecule has 1 atom stereocenters. The van der Waals surface area contributed by atoms with E-state index in [0.717, 1.165) is 17.4 Å². The van der Waals surface area contributed by atoms with E-state index in [-0.39, 0.29) is 23.4 Å². The zero-order valence-corrected chi connectivity index (χ0v) is 18.8. The molecule has 0 aliphatic carbocycles. The molecular weight excluding hydrogens is 437 g/mol. The molecule has 1 unspecified atom stereocenters. The lowest BCUT2D eigenvalue weighted by Gasteiger charge is -2.25. The van der Waals surface area contributed by atoms with E-state index < -0.39 is 29.3 Å². The highest BCUT2D eigenvalue weighted by Gasteiger charge is 2.46. The number of rotatable bonds is 7. The Kier molecular flexibility index (Phi) is 6.63. The van der Waals surface area contributed by atoms with Gasteiger partial charge in [0.2, 0.25) is 0 Å². The maximum atomic E-state index is 14.0. The molecule has 0 bridgehead atoms. The molecular formula is C27H24FNO5. The van der Waals surface area contributed by atoms with Crippen molar-refractivity contribution < 1.29 is 28.6 Å². The van der Waals surface area contributed by atoms with Crippen LogP contribution in [0.3, 0.4) is 0 Å². The van der Waals surface area contributed by atoms with E-state index in [1.807, 2.05) is 30.3 Å². The third-order valence-corrected chi connectivity index (χ3v) is 5.87. The molecule has 0 aromatic heterocycles. The van der Waals surface area contributed by atoms with E-state index in [1.165, 1.54) is 24.1 Å². The van der Waals surface area contributed by atoms with Gasteiger partial charge in [-0.1, -0.05) is 42.5 Å². The van der Waals surface area contributed by atoms with Crippen LogP contribution in [0.2, 0.25) is 0 Å². The monoisotopic (exact) mass is 461 g/mol. The van der Waals surface area contributed by atoms with Crippen molar-refractivity contribution in [2.75, 3.05) is 20.8 Å². The number of benzene rings is 3. The predicted molar refractivity (Wildman–Crippen MR) is 125 cm³/mol.